The van der Waals surface area contributed by atoms with Crippen molar-refractivity contribution in [2.75, 3.05) is 33.2 Å². The summed E-state index contributed by atoms with van der Waals surface area (Å²) in [5.41, 5.74) is 7.29. The van der Waals surface area contributed by atoms with Crippen molar-refractivity contribution in [2.24, 2.45) is 5.50 Å². The molecule has 5 rings (SSSR count). The van der Waals surface area contributed by atoms with Gasteiger partial charge in [0.1, 0.15) is 28.1 Å². The Bertz CT molecular complexity index is 2110. The van der Waals surface area contributed by atoms with Gasteiger partial charge in [-0.25, -0.2) is 10.6 Å². The molecule has 0 aliphatic rings. The molecule has 0 aliphatic carbocycles. The number of nitrogens with one attached hydrogen (secondary N) is 1. The Balaban J connectivity index is 0.000000316. The average Bonchev–Trinajstić information content (AvgIpc) is 3.24. The number of alkyl halides is 1. The van der Waals surface area contributed by atoms with E-state index in [0.29, 0.717) is 43.3 Å². The van der Waals surface area contributed by atoms with Crippen molar-refractivity contribution < 1.29 is 46.3 Å². The smallest absolute Gasteiger partial charge is 0.333 e. The molecule has 0 aliphatic heterocycles. The number of ether oxygens (including phenoxy) is 2. The summed E-state index contributed by atoms with van der Waals surface area (Å²) < 4.78 is 60.6. The highest BCUT2D eigenvalue weighted by Gasteiger charge is 2.29. The summed E-state index contributed by atoms with van der Waals surface area (Å²) in [5.74, 6) is 0.983. The molecule has 0 radical (unpaired) electrons. The second kappa shape index (κ2) is 30.9. The largest absolute Gasteiger partial charge is 0.465 e. The van der Waals surface area contributed by atoms with E-state index in [1.165, 1.54) is 20.0 Å². The first-order chi connectivity index (χ1) is 30.4. The van der Waals surface area contributed by atoms with Crippen LogP contribution >= 0.6 is 48.9 Å². The standard InChI is InChI=1S/C20H26NO4P.C13H17BrO2.C7H8ClO2P.C7H10NO2P/c1-3-4-15-24-20(22)19(16-17-11-7-5-8-12-17)21-26(2,23)25-18-13-9-6-10-14-18;1-2-3-9-16-13(15)12(14)10-11-7-5-4-6-8-11;2*1-11(8,9)10-7-5-3-2-4-6-7/h5-14,19H,3-4,15-16H2,1-2H3,(H,21,23);4-8,12H,2-3,9-10H2,1H3;2-6H,1H3;2-6H,1H3,(H2,8,9). The Morgan fingerprint density at radius 2 is 0.938 bits per heavy atom. The van der Waals surface area contributed by atoms with Crippen LogP contribution in [-0.2, 0) is 45.6 Å². The van der Waals surface area contributed by atoms with E-state index in [2.05, 4.69) is 27.9 Å². The summed E-state index contributed by atoms with van der Waals surface area (Å²) in [5, 5.41) is 2.88. The van der Waals surface area contributed by atoms with Crippen molar-refractivity contribution in [3.63, 3.8) is 0 Å². The number of hydrogen-bond acceptors (Lipinski definition) is 10. The number of esters is 2. The Labute approximate surface area is 392 Å². The van der Waals surface area contributed by atoms with Crippen LogP contribution in [0.4, 0.5) is 0 Å². The third-order valence-electron chi connectivity index (χ3n) is 8.02. The number of carbonyl (C=O) groups excluding carboxylic acids is 2. The maximum Gasteiger partial charge on any atom is 0.333 e. The fourth-order valence-electron chi connectivity index (χ4n) is 5.11. The van der Waals surface area contributed by atoms with E-state index in [1.54, 1.807) is 72.8 Å². The lowest BCUT2D eigenvalue weighted by molar-refractivity contribution is -0.146. The molecule has 348 valence electrons. The summed E-state index contributed by atoms with van der Waals surface area (Å²) >= 11 is 8.76. The van der Waals surface area contributed by atoms with Gasteiger partial charge in [0.25, 0.3) is 0 Å². The minimum Gasteiger partial charge on any atom is -0.465 e. The molecule has 17 heteroatoms. The van der Waals surface area contributed by atoms with Gasteiger partial charge in [0, 0.05) is 20.0 Å². The van der Waals surface area contributed by atoms with Gasteiger partial charge in [-0.3, -0.25) is 23.3 Å². The van der Waals surface area contributed by atoms with Crippen LogP contribution in [0.3, 0.4) is 0 Å². The normalized spacial score (nSPS) is 14.1. The van der Waals surface area contributed by atoms with Crippen LogP contribution in [0.1, 0.15) is 50.7 Å². The number of benzene rings is 5. The summed E-state index contributed by atoms with van der Waals surface area (Å²) in [7, 11) is -6.14. The van der Waals surface area contributed by atoms with Crippen molar-refractivity contribution in [2.45, 2.75) is 63.2 Å². The van der Waals surface area contributed by atoms with Crippen LogP contribution in [0.25, 0.3) is 0 Å². The first-order valence-corrected chi connectivity index (χ1v) is 28.8. The third-order valence-corrected chi connectivity index (χ3v) is 11.4. The van der Waals surface area contributed by atoms with E-state index < -0.39 is 33.8 Å². The molecular formula is C47H61BrClN2O10P3. The van der Waals surface area contributed by atoms with Crippen molar-refractivity contribution in [3.05, 3.63) is 163 Å². The van der Waals surface area contributed by atoms with Gasteiger partial charge in [-0.2, -0.15) is 0 Å². The topological polar surface area (TPSA) is 170 Å². The SMILES string of the molecule is CCCCOC(=O)C(Br)Cc1ccccc1.CCCCOC(=O)C(Cc1ccccc1)NP(C)(=O)Oc1ccccc1.CP(=O)(Cl)Oc1ccccc1.CP(N)(=O)Oc1ccccc1. The summed E-state index contributed by atoms with van der Waals surface area (Å²) in [6.45, 7) is 6.27. The molecular weight excluding hydrogens is 961 g/mol. The Morgan fingerprint density at radius 3 is 1.33 bits per heavy atom. The number of carbonyl (C=O) groups is 2. The van der Waals surface area contributed by atoms with Crippen LogP contribution in [0, 0.1) is 0 Å². The Kier molecular flexibility index (Phi) is 27.0. The zero-order valence-corrected chi connectivity index (χ0v) is 42.0. The molecule has 0 saturated carbocycles. The van der Waals surface area contributed by atoms with Gasteiger partial charge in [0.15, 0.2) is 0 Å². The highest BCUT2D eigenvalue weighted by molar-refractivity contribution is 9.10. The zero-order valence-electron chi connectivity index (χ0n) is 37.0. The number of halogens is 2. The van der Waals surface area contributed by atoms with E-state index in [0.717, 1.165) is 36.8 Å². The number of rotatable bonds is 20. The van der Waals surface area contributed by atoms with Gasteiger partial charge in [-0.1, -0.05) is 158 Å². The number of nitrogens with two attached hydrogens (primary N) is 1. The first-order valence-electron chi connectivity index (χ1n) is 20.7. The van der Waals surface area contributed by atoms with E-state index in [1.807, 2.05) is 85.8 Å². The molecule has 0 bridgehead atoms. The van der Waals surface area contributed by atoms with E-state index in [-0.39, 0.29) is 10.8 Å². The summed E-state index contributed by atoms with van der Waals surface area (Å²) in [6, 6.07) is 45.4. The van der Waals surface area contributed by atoms with Gasteiger partial charge in [0.2, 0.25) is 0 Å². The minimum absolute atomic E-state index is 0.169. The van der Waals surface area contributed by atoms with Crippen molar-refractivity contribution in [1.29, 1.82) is 0 Å². The highest BCUT2D eigenvalue weighted by atomic mass is 79.9. The predicted molar refractivity (Wildman–Crippen MR) is 264 cm³/mol. The van der Waals surface area contributed by atoms with Crippen LogP contribution in [0.2, 0.25) is 0 Å². The maximum atomic E-state index is 12.9. The number of unbranched alkanes of at least 4 members (excludes halogenated alkanes) is 2. The lowest BCUT2D eigenvalue weighted by Crippen LogP contribution is -2.39. The van der Waals surface area contributed by atoms with Gasteiger partial charge in [-0.15, -0.1) is 0 Å². The fraction of sp³-hybridized carbons (Fsp3) is 0.319. The molecule has 12 nitrogen and oxygen atoms in total. The minimum atomic E-state index is -3.25. The zero-order chi connectivity index (χ0) is 47.3. The molecule has 0 saturated heterocycles. The molecule has 5 atom stereocenters. The highest BCUT2D eigenvalue weighted by Crippen LogP contribution is 2.48. The molecule has 64 heavy (non-hydrogen) atoms. The predicted octanol–water partition coefficient (Wildman–Crippen LogP) is 12.7. The summed E-state index contributed by atoms with van der Waals surface area (Å²) in [6.07, 6.45) is 4.75. The third kappa shape index (κ3) is 27.9. The Morgan fingerprint density at radius 1 is 0.578 bits per heavy atom. The van der Waals surface area contributed by atoms with E-state index in [9.17, 15) is 23.3 Å². The molecule has 0 amide bonds. The maximum absolute atomic E-state index is 12.9. The molecule has 5 aromatic rings. The quantitative estimate of drug-likeness (QED) is 0.0328. The Hall–Kier alpha value is -4.18. The first kappa shape index (κ1) is 56.0. The van der Waals surface area contributed by atoms with Gasteiger partial charge >= 0.3 is 33.7 Å². The second-order valence-corrected chi connectivity index (χ2v) is 23.0. The molecule has 0 aromatic heterocycles. The van der Waals surface area contributed by atoms with Crippen LogP contribution < -0.4 is 24.2 Å². The van der Waals surface area contributed by atoms with Crippen LogP contribution in [-0.4, -0.2) is 56.0 Å². The van der Waals surface area contributed by atoms with Crippen LogP contribution in [0.15, 0.2) is 152 Å². The van der Waals surface area contributed by atoms with Gasteiger partial charge < -0.3 is 23.0 Å². The van der Waals surface area contributed by atoms with E-state index in [4.69, 9.17) is 39.8 Å². The number of hydrogen-bond donors (Lipinski definition) is 2. The molecule has 0 heterocycles. The summed E-state index contributed by atoms with van der Waals surface area (Å²) in [4.78, 5) is 23.8. The molecule has 5 unspecified atom stereocenters. The van der Waals surface area contributed by atoms with Gasteiger partial charge in [0.05, 0.1) is 13.2 Å². The van der Waals surface area contributed by atoms with Gasteiger partial charge in [-0.05, 0) is 84.4 Å². The molecule has 0 fully saturated rings. The lowest BCUT2D eigenvalue weighted by atomic mass is 10.1. The molecule has 5 aromatic carbocycles. The fourth-order valence-corrected chi connectivity index (χ4v) is 8.24. The second-order valence-electron chi connectivity index (χ2n) is 14.3. The van der Waals surface area contributed by atoms with Crippen molar-refractivity contribution in [3.8, 4) is 17.2 Å². The van der Waals surface area contributed by atoms with Crippen LogP contribution in [0.5, 0.6) is 17.2 Å². The van der Waals surface area contributed by atoms with Crippen molar-refractivity contribution >= 4 is 60.9 Å². The monoisotopic (exact) mass is 1020 g/mol. The lowest BCUT2D eigenvalue weighted by Gasteiger charge is -2.23. The number of para-hydroxylation sites is 3. The van der Waals surface area contributed by atoms with E-state index >= 15 is 0 Å². The molecule has 0 spiro atoms. The molecule has 3 N–H and O–H groups in total. The average molecular weight is 1020 g/mol. The van der Waals surface area contributed by atoms with Crippen molar-refractivity contribution in [1.82, 2.24) is 5.09 Å².